The average Bonchev–Trinajstić information content (AvgIpc) is 2.08. The monoisotopic (exact) mass is 292 g/mol. The van der Waals surface area contributed by atoms with Gasteiger partial charge in [0, 0.05) is 8.95 Å². The number of methoxy groups -OCH3 is 1. The molecule has 4 heteroatoms. The van der Waals surface area contributed by atoms with Gasteiger partial charge in [0.15, 0.2) is 0 Å². The smallest absolute Gasteiger partial charge is 0.339 e. The van der Waals surface area contributed by atoms with Crippen LogP contribution in [0.25, 0.3) is 0 Å². The Morgan fingerprint density at radius 1 is 1.42 bits per heavy atom. The molecule has 0 unspecified atom stereocenters. The highest BCUT2D eigenvalue weighted by molar-refractivity contribution is 9.13. The Hall–Kier alpha value is -0.350. The molecule has 0 heterocycles. The summed E-state index contributed by atoms with van der Waals surface area (Å²) in [6, 6.07) is 5.32. The highest BCUT2D eigenvalue weighted by Crippen LogP contribution is 2.26. The van der Waals surface area contributed by atoms with Gasteiger partial charge >= 0.3 is 5.97 Å². The molecule has 2 nitrogen and oxygen atoms in total. The number of benzene rings is 1. The van der Waals surface area contributed by atoms with E-state index in [9.17, 15) is 4.79 Å². The second kappa shape index (κ2) is 4.05. The van der Waals surface area contributed by atoms with Crippen molar-refractivity contribution >= 4 is 37.8 Å². The Bertz CT molecular complexity index is 310. The number of ether oxygens (including phenoxy) is 1. The minimum Gasteiger partial charge on any atom is -0.465 e. The van der Waals surface area contributed by atoms with Gasteiger partial charge in [-0.1, -0.05) is 6.07 Å². The molecule has 1 aromatic carbocycles. The SMILES string of the molecule is COC(=O)c1cccc(Br)c1Br. The average molecular weight is 294 g/mol. The van der Waals surface area contributed by atoms with Gasteiger partial charge in [-0.3, -0.25) is 0 Å². The predicted octanol–water partition coefficient (Wildman–Crippen LogP) is 3.00. The maximum absolute atomic E-state index is 11.1. The molecular weight excluding hydrogens is 288 g/mol. The normalized spacial score (nSPS) is 9.58. The summed E-state index contributed by atoms with van der Waals surface area (Å²) in [7, 11) is 1.36. The van der Waals surface area contributed by atoms with Gasteiger partial charge in [0.2, 0.25) is 0 Å². The second-order valence-electron chi connectivity index (χ2n) is 2.09. The van der Waals surface area contributed by atoms with Crippen molar-refractivity contribution in [1.29, 1.82) is 0 Å². The number of rotatable bonds is 1. The molecule has 0 saturated heterocycles. The molecule has 0 atom stereocenters. The van der Waals surface area contributed by atoms with Crippen LogP contribution in [0.15, 0.2) is 27.1 Å². The van der Waals surface area contributed by atoms with E-state index in [0.29, 0.717) is 5.56 Å². The van der Waals surface area contributed by atoms with Gasteiger partial charge in [-0.2, -0.15) is 0 Å². The van der Waals surface area contributed by atoms with Gasteiger partial charge in [0.05, 0.1) is 12.7 Å². The lowest BCUT2D eigenvalue weighted by Crippen LogP contribution is -2.01. The van der Waals surface area contributed by atoms with Gasteiger partial charge in [0.1, 0.15) is 0 Å². The molecule has 0 radical (unpaired) electrons. The fourth-order valence-electron chi connectivity index (χ4n) is 0.771. The maximum Gasteiger partial charge on any atom is 0.339 e. The summed E-state index contributed by atoms with van der Waals surface area (Å²) in [6.07, 6.45) is 0. The third-order valence-electron chi connectivity index (χ3n) is 1.36. The second-order valence-corrected chi connectivity index (χ2v) is 3.74. The van der Waals surface area contributed by atoms with Gasteiger partial charge in [-0.05, 0) is 44.0 Å². The van der Waals surface area contributed by atoms with Crippen LogP contribution in [0.4, 0.5) is 0 Å². The summed E-state index contributed by atoms with van der Waals surface area (Å²) in [5.41, 5.74) is 0.520. The van der Waals surface area contributed by atoms with Crippen LogP contribution in [-0.4, -0.2) is 13.1 Å². The molecule has 0 aromatic heterocycles. The first-order chi connectivity index (χ1) is 5.66. The van der Waals surface area contributed by atoms with Crippen molar-refractivity contribution in [3.63, 3.8) is 0 Å². The molecule has 0 fully saturated rings. The zero-order valence-corrected chi connectivity index (χ0v) is 9.48. The summed E-state index contributed by atoms with van der Waals surface area (Å²) in [5, 5.41) is 0. The Balaban J connectivity index is 3.16. The molecule has 0 bridgehead atoms. The zero-order valence-electron chi connectivity index (χ0n) is 6.30. The molecular formula is C8H6Br2O2. The Labute approximate surface area is 87.2 Å². The fraction of sp³-hybridized carbons (Fsp3) is 0.125. The number of carbonyl (C=O) groups is 1. The number of halogens is 2. The van der Waals surface area contributed by atoms with Crippen LogP contribution in [0.3, 0.4) is 0 Å². The van der Waals surface area contributed by atoms with Crippen LogP contribution in [0, 0.1) is 0 Å². The lowest BCUT2D eigenvalue weighted by atomic mass is 10.2. The zero-order chi connectivity index (χ0) is 9.14. The van der Waals surface area contributed by atoms with Crippen molar-refractivity contribution in [3.8, 4) is 0 Å². The van der Waals surface area contributed by atoms with E-state index in [-0.39, 0.29) is 5.97 Å². The quantitative estimate of drug-likeness (QED) is 0.744. The van der Waals surface area contributed by atoms with Crippen molar-refractivity contribution in [2.45, 2.75) is 0 Å². The molecule has 64 valence electrons. The molecule has 0 aliphatic heterocycles. The maximum atomic E-state index is 11.1. The third-order valence-corrected chi connectivity index (χ3v) is 3.40. The number of carbonyl (C=O) groups excluding carboxylic acids is 1. The Morgan fingerprint density at radius 3 is 2.67 bits per heavy atom. The Kier molecular flexibility index (Phi) is 3.29. The van der Waals surface area contributed by atoms with Crippen molar-refractivity contribution < 1.29 is 9.53 Å². The van der Waals surface area contributed by atoms with Crippen LogP contribution < -0.4 is 0 Å². The molecule has 0 aliphatic rings. The van der Waals surface area contributed by atoms with E-state index in [0.717, 1.165) is 8.95 Å². The lowest BCUT2D eigenvalue weighted by molar-refractivity contribution is 0.0599. The number of esters is 1. The topological polar surface area (TPSA) is 26.3 Å². The molecule has 0 spiro atoms. The largest absolute Gasteiger partial charge is 0.465 e. The van der Waals surface area contributed by atoms with Crippen molar-refractivity contribution in [2.24, 2.45) is 0 Å². The summed E-state index contributed by atoms with van der Waals surface area (Å²) in [5.74, 6) is -0.344. The summed E-state index contributed by atoms with van der Waals surface area (Å²) < 4.78 is 6.14. The molecule has 1 aromatic rings. The van der Waals surface area contributed by atoms with E-state index in [1.165, 1.54) is 7.11 Å². The fourth-order valence-corrected chi connectivity index (χ4v) is 1.56. The molecule has 0 N–H and O–H groups in total. The van der Waals surface area contributed by atoms with Crippen LogP contribution >= 0.6 is 31.9 Å². The van der Waals surface area contributed by atoms with Gasteiger partial charge in [0.25, 0.3) is 0 Å². The minimum absolute atomic E-state index is 0.344. The standard InChI is InChI=1S/C8H6Br2O2/c1-12-8(11)5-3-2-4-6(9)7(5)10/h2-4H,1H3. The Morgan fingerprint density at radius 2 is 2.08 bits per heavy atom. The first-order valence-electron chi connectivity index (χ1n) is 3.19. The minimum atomic E-state index is -0.344. The van der Waals surface area contributed by atoms with Crippen molar-refractivity contribution in [3.05, 3.63) is 32.7 Å². The summed E-state index contributed by atoms with van der Waals surface area (Å²) >= 11 is 6.56. The predicted molar refractivity (Wildman–Crippen MR) is 53.2 cm³/mol. The van der Waals surface area contributed by atoms with E-state index in [1.54, 1.807) is 12.1 Å². The van der Waals surface area contributed by atoms with Gasteiger partial charge in [-0.25, -0.2) is 4.79 Å². The van der Waals surface area contributed by atoms with Crippen LogP contribution in [0.5, 0.6) is 0 Å². The van der Waals surface area contributed by atoms with Crippen LogP contribution in [0.2, 0.25) is 0 Å². The molecule has 0 saturated carbocycles. The van der Waals surface area contributed by atoms with Crippen molar-refractivity contribution in [2.75, 3.05) is 7.11 Å². The number of hydrogen-bond acceptors (Lipinski definition) is 2. The first kappa shape index (κ1) is 9.74. The summed E-state index contributed by atoms with van der Waals surface area (Å²) in [6.45, 7) is 0. The highest BCUT2D eigenvalue weighted by atomic mass is 79.9. The van der Waals surface area contributed by atoms with Gasteiger partial charge < -0.3 is 4.74 Å². The van der Waals surface area contributed by atoms with E-state index in [1.807, 2.05) is 6.07 Å². The van der Waals surface area contributed by atoms with Crippen LogP contribution in [0.1, 0.15) is 10.4 Å². The lowest BCUT2D eigenvalue weighted by Gasteiger charge is -2.02. The molecule has 12 heavy (non-hydrogen) atoms. The summed E-state index contributed by atoms with van der Waals surface area (Å²) in [4.78, 5) is 11.1. The number of hydrogen-bond donors (Lipinski definition) is 0. The van der Waals surface area contributed by atoms with Crippen molar-refractivity contribution in [1.82, 2.24) is 0 Å². The third kappa shape index (κ3) is 1.87. The first-order valence-corrected chi connectivity index (χ1v) is 4.77. The van der Waals surface area contributed by atoms with E-state index >= 15 is 0 Å². The van der Waals surface area contributed by atoms with E-state index < -0.39 is 0 Å². The van der Waals surface area contributed by atoms with Gasteiger partial charge in [-0.15, -0.1) is 0 Å². The molecule has 0 aliphatic carbocycles. The van der Waals surface area contributed by atoms with Crippen LogP contribution in [-0.2, 0) is 4.74 Å². The molecule has 0 amide bonds. The van der Waals surface area contributed by atoms with E-state index in [4.69, 9.17) is 0 Å². The van der Waals surface area contributed by atoms with E-state index in [2.05, 4.69) is 36.6 Å². The highest BCUT2D eigenvalue weighted by Gasteiger charge is 2.10. The molecule has 1 rings (SSSR count).